The Hall–Kier alpha value is -3.15. The molecule has 0 atom stereocenters. The number of carbonyl (C=O) groups excluding carboxylic acids is 2. The molecule has 0 aliphatic carbocycles. The number of aromatic amines is 1. The van der Waals surface area contributed by atoms with Crippen LogP contribution < -0.4 is 10.6 Å². The predicted octanol–water partition coefficient (Wildman–Crippen LogP) is 3.72. The molecule has 128 valence electrons. The van der Waals surface area contributed by atoms with Crippen LogP contribution in [0.25, 0.3) is 10.9 Å². The number of hydrogen-bond donors (Lipinski definition) is 3. The number of fused-ring (bicyclic) bond motifs is 1. The summed E-state index contributed by atoms with van der Waals surface area (Å²) in [6.45, 7) is 5.62. The van der Waals surface area contributed by atoms with Crippen molar-refractivity contribution in [3.05, 3.63) is 53.7 Å². The maximum absolute atomic E-state index is 12.6. The minimum Gasteiger partial charge on any atom is -0.326 e. The van der Waals surface area contributed by atoms with Gasteiger partial charge in [0.1, 0.15) is 0 Å². The SMILES string of the molecule is Cc1ccc2[nH]nc(C(=O)Nc3cccc(NC(=O)C(C)C)c3)c2c1. The number of nitrogens with zero attached hydrogens (tertiary/aromatic N) is 1. The van der Waals surface area contributed by atoms with Crippen LogP contribution in [-0.4, -0.2) is 22.0 Å². The third-order valence-corrected chi connectivity index (χ3v) is 3.85. The lowest BCUT2D eigenvalue weighted by molar-refractivity contribution is -0.118. The number of rotatable bonds is 4. The van der Waals surface area contributed by atoms with Crippen LogP contribution in [0.15, 0.2) is 42.5 Å². The molecule has 0 saturated carbocycles. The maximum Gasteiger partial charge on any atom is 0.276 e. The first kappa shape index (κ1) is 16.7. The van der Waals surface area contributed by atoms with E-state index in [1.165, 1.54) is 0 Å². The van der Waals surface area contributed by atoms with Gasteiger partial charge in [-0.25, -0.2) is 0 Å². The molecule has 0 fully saturated rings. The number of amides is 2. The summed E-state index contributed by atoms with van der Waals surface area (Å²) in [5.41, 5.74) is 3.44. The molecule has 0 saturated heterocycles. The number of H-pyrrole nitrogens is 1. The lowest BCUT2D eigenvalue weighted by Gasteiger charge is -2.10. The fourth-order valence-corrected chi connectivity index (χ4v) is 2.45. The van der Waals surface area contributed by atoms with E-state index in [-0.39, 0.29) is 17.7 Å². The Morgan fingerprint density at radius 2 is 1.76 bits per heavy atom. The monoisotopic (exact) mass is 336 g/mol. The molecule has 2 amide bonds. The van der Waals surface area contributed by atoms with E-state index in [0.717, 1.165) is 16.5 Å². The molecule has 0 bridgehead atoms. The molecule has 3 N–H and O–H groups in total. The number of benzene rings is 2. The van der Waals surface area contributed by atoms with Crippen molar-refractivity contribution in [2.45, 2.75) is 20.8 Å². The van der Waals surface area contributed by atoms with Crippen LogP contribution in [0.2, 0.25) is 0 Å². The second kappa shape index (κ2) is 6.76. The topological polar surface area (TPSA) is 86.9 Å². The van der Waals surface area contributed by atoms with Crippen LogP contribution in [0.4, 0.5) is 11.4 Å². The first-order valence-electron chi connectivity index (χ1n) is 8.11. The summed E-state index contributed by atoms with van der Waals surface area (Å²) in [5.74, 6) is -0.488. The highest BCUT2D eigenvalue weighted by atomic mass is 16.2. The number of hydrogen-bond acceptors (Lipinski definition) is 3. The molecule has 2 aromatic carbocycles. The Morgan fingerprint density at radius 1 is 1.04 bits per heavy atom. The van der Waals surface area contributed by atoms with Crippen molar-refractivity contribution >= 4 is 34.1 Å². The zero-order valence-electron chi connectivity index (χ0n) is 14.4. The van der Waals surface area contributed by atoms with Gasteiger partial charge in [-0.3, -0.25) is 14.7 Å². The normalized spacial score (nSPS) is 10.9. The molecule has 0 spiro atoms. The van der Waals surface area contributed by atoms with Crippen molar-refractivity contribution in [3.8, 4) is 0 Å². The summed E-state index contributed by atoms with van der Waals surface area (Å²) in [5, 5.41) is 13.4. The van der Waals surface area contributed by atoms with Crippen molar-refractivity contribution in [3.63, 3.8) is 0 Å². The number of aryl methyl sites for hydroxylation is 1. The second-order valence-corrected chi connectivity index (χ2v) is 6.30. The second-order valence-electron chi connectivity index (χ2n) is 6.30. The van der Waals surface area contributed by atoms with Crippen LogP contribution in [-0.2, 0) is 4.79 Å². The zero-order chi connectivity index (χ0) is 18.0. The van der Waals surface area contributed by atoms with E-state index in [1.54, 1.807) is 24.3 Å². The van der Waals surface area contributed by atoms with E-state index in [2.05, 4.69) is 20.8 Å². The van der Waals surface area contributed by atoms with Gasteiger partial charge in [0.25, 0.3) is 5.91 Å². The van der Waals surface area contributed by atoms with Crippen LogP contribution in [0.5, 0.6) is 0 Å². The maximum atomic E-state index is 12.6. The summed E-state index contributed by atoms with van der Waals surface area (Å²) in [7, 11) is 0. The predicted molar refractivity (Wildman–Crippen MR) is 98.7 cm³/mol. The Kier molecular flexibility index (Phi) is 4.52. The summed E-state index contributed by atoms with van der Waals surface area (Å²) >= 11 is 0. The molecule has 3 rings (SSSR count). The summed E-state index contributed by atoms with van der Waals surface area (Å²) < 4.78 is 0. The number of aromatic nitrogens is 2. The summed E-state index contributed by atoms with van der Waals surface area (Å²) in [6.07, 6.45) is 0. The summed E-state index contributed by atoms with van der Waals surface area (Å²) in [6, 6.07) is 12.8. The molecule has 6 heteroatoms. The minimum absolute atomic E-state index is 0.0720. The number of nitrogens with one attached hydrogen (secondary N) is 3. The van der Waals surface area contributed by atoms with Crippen LogP contribution in [0, 0.1) is 12.8 Å². The van der Waals surface area contributed by atoms with E-state index in [4.69, 9.17) is 0 Å². The number of carbonyl (C=O) groups is 2. The van der Waals surface area contributed by atoms with Crippen LogP contribution in [0.3, 0.4) is 0 Å². The van der Waals surface area contributed by atoms with Crippen LogP contribution in [0.1, 0.15) is 29.9 Å². The Balaban J connectivity index is 1.80. The Labute approximate surface area is 145 Å². The first-order valence-corrected chi connectivity index (χ1v) is 8.11. The van der Waals surface area contributed by atoms with Gasteiger partial charge in [0.05, 0.1) is 5.52 Å². The average molecular weight is 336 g/mol. The largest absolute Gasteiger partial charge is 0.326 e. The van der Waals surface area contributed by atoms with Crippen molar-refractivity contribution in [1.29, 1.82) is 0 Å². The van der Waals surface area contributed by atoms with Gasteiger partial charge in [-0.2, -0.15) is 5.10 Å². The molecule has 0 radical (unpaired) electrons. The fourth-order valence-electron chi connectivity index (χ4n) is 2.45. The third kappa shape index (κ3) is 3.68. The van der Waals surface area contributed by atoms with Crippen molar-refractivity contribution < 1.29 is 9.59 Å². The smallest absolute Gasteiger partial charge is 0.276 e. The van der Waals surface area contributed by atoms with Gasteiger partial charge in [-0.05, 0) is 37.3 Å². The molecule has 0 aliphatic rings. The lowest BCUT2D eigenvalue weighted by Crippen LogP contribution is -2.18. The third-order valence-electron chi connectivity index (χ3n) is 3.85. The first-order chi connectivity index (χ1) is 11.9. The molecule has 3 aromatic rings. The van der Waals surface area contributed by atoms with Gasteiger partial charge in [0.15, 0.2) is 5.69 Å². The van der Waals surface area contributed by atoms with Crippen molar-refractivity contribution in [1.82, 2.24) is 10.2 Å². The number of anilines is 2. The van der Waals surface area contributed by atoms with Gasteiger partial charge in [-0.15, -0.1) is 0 Å². The van der Waals surface area contributed by atoms with Gasteiger partial charge in [0.2, 0.25) is 5.91 Å². The minimum atomic E-state index is -0.302. The molecule has 0 aliphatic heterocycles. The van der Waals surface area contributed by atoms with Crippen molar-refractivity contribution in [2.75, 3.05) is 10.6 Å². The molecule has 1 aromatic heterocycles. The molecule has 1 heterocycles. The highest BCUT2D eigenvalue weighted by Crippen LogP contribution is 2.20. The molecule has 6 nitrogen and oxygen atoms in total. The van der Waals surface area contributed by atoms with Crippen LogP contribution >= 0.6 is 0 Å². The summed E-state index contributed by atoms with van der Waals surface area (Å²) in [4.78, 5) is 24.4. The zero-order valence-corrected chi connectivity index (χ0v) is 14.4. The van der Waals surface area contributed by atoms with Gasteiger partial charge < -0.3 is 10.6 Å². The average Bonchev–Trinajstić information content (AvgIpc) is 2.98. The Bertz CT molecular complexity index is 944. The lowest BCUT2D eigenvalue weighted by atomic mass is 10.1. The molecular weight excluding hydrogens is 316 g/mol. The standard InChI is InChI=1S/C19H20N4O2/c1-11(2)18(24)20-13-5-4-6-14(10-13)21-19(25)17-15-9-12(3)7-8-16(15)22-23-17/h4-11H,1-3H3,(H,20,24)(H,21,25)(H,22,23). The molecule has 0 unspecified atom stereocenters. The van der Waals surface area contributed by atoms with E-state index < -0.39 is 0 Å². The van der Waals surface area contributed by atoms with Gasteiger partial charge in [-0.1, -0.05) is 31.5 Å². The highest BCUT2D eigenvalue weighted by molar-refractivity contribution is 6.11. The highest BCUT2D eigenvalue weighted by Gasteiger charge is 2.15. The van der Waals surface area contributed by atoms with E-state index >= 15 is 0 Å². The van der Waals surface area contributed by atoms with E-state index in [9.17, 15) is 9.59 Å². The quantitative estimate of drug-likeness (QED) is 0.678. The van der Waals surface area contributed by atoms with E-state index in [0.29, 0.717) is 17.1 Å². The van der Waals surface area contributed by atoms with E-state index in [1.807, 2.05) is 39.0 Å². The fraction of sp³-hybridized carbons (Fsp3) is 0.211. The van der Waals surface area contributed by atoms with Gasteiger partial charge in [0, 0.05) is 22.7 Å². The molecular formula is C19H20N4O2. The van der Waals surface area contributed by atoms with Gasteiger partial charge >= 0.3 is 0 Å². The Morgan fingerprint density at radius 3 is 2.48 bits per heavy atom. The van der Waals surface area contributed by atoms with Crippen molar-refractivity contribution in [2.24, 2.45) is 5.92 Å². The molecule has 25 heavy (non-hydrogen) atoms.